The third-order valence-corrected chi connectivity index (χ3v) is 3.13. The number of amides is 1. The summed E-state index contributed by atoms with van der Waals surface area (Å²) < 4.78 is 5.08. The van der Waals surface area contributed by atoms with E-state index in [1.807, 2.05) is 0 Å². The number of benzene rings is 1. The van der Waals surface area contributed by atoms with Gasteiger partial charge < -0.3 is 20.9 Å². The molecule has 1 fully saturated rings. The molecule has 0 saturated carbocycles. The zero-order valence-corrected chi connectivity index (χ0v) is 10.4. The van der Waals surface area contributed by atoms with Gasteiger partial charge in [-0.05, 0) is 17.7 Å². The topological polar surface area (TPSA) is 102 Å². The van der Waals surface area contributed by atoms with Crippen LogP contribution < -0.4 is 11.1 Å². The number of carboxylic acids is 1. The lowest BCUT2D eigenvalue weighted by molar-refractivity contribution is -0.147. The molecule has 2 rings (SSSR count). The highest BCUT2D eigenvalue weighted by Gasteiger charge is 2.43. The van der Waals surface area contributed by atoms with E-state index in [0.29, 0.717) is 12.3 Å². The molecular weight excluding hydrogens is 248 g/mol. The van der Waals surface area contributed by atoms with Crippen LogP contribution in [-0.2, 0) is 20.7 Å². The first-order chi connectivity index (χ1) is 9.02. The summed E-state index contributed by atoms with van der Waals surface area (Å²) in [6.45, 7) is 0.343. The summed E-state index contributed by atoms with van der Waals surface area (Å²) in [6, 6.07) is 6.95. The molecule has 1 saturated heterocycles. The Kier molecular flexibility index (Phi) is 3.71. The van der Waals surface area contributed by atoms with Gasteiger partial charge in [0.1, 0.15) is 0 Å². The average Bonchev–Trinajstić information content (AvgIpc) is 2.78. The molecule has 0 spiro atoms. The Hall–Kier alpha value is -2.08. The first-order valence-corrected chi connectivity index (χ1v) is 5.98. The van der Waals surface area contributed by atoms with Gasteiger partial charge in [-0.25, -0.2) is 4.79 Å². The molecule has 4 N–H and O–H groups in total. The van der Waals surface area contributed by atoms with Crippen LogP contribution in [0, 0.1) is 0 Å². The van der Waals surface area contributed by atoms with Crippen molar-refractivity contribution in [3.63, 3.8) is 0 Å². The Morgan fingerprint density at radius 1 is 1.47 bits per heavy atom. The average molecular weight is 264 g/mol. The largest absolute Gasteiger partial charge is 0.479 e. The molecule has 0 aliphatic carbocycles. The molecule has 1 aromatic carbocycles. The van der Waals surface area contributed by atoms with Gasteiger partial charge in [-0.1, -0.05) is 12.1 Å². The first-order valence-electron chi connectivity index (χ1n) is 5.98. The minimum Gasteiger partial charge on any atom is -0.479 e. The highest BCUT2D eigenvalue weighted by Crippen LogP contribution is 2.19. The summed E-state index contributed by atoms with van der Waals surface area (Å²) in [4.78, 5) is 23.2. The summed E-state index contributed by atoms with van der Waals surface area (Å²) in [5, 5.41) is 11.8. The van der Waals surface area contributed by atoms with Gasteiger partial charge in [0.2, 0.25) is 5.91 Å². The van der Waals surface area contributed by atoms with Crippen LogP contribution >= 0.6 is 0 Å². The smallest absolute Gasteiger partial charge is 0.331 e. The van der Waals surface area contributed by atoms with Crippen molar-refractivity contribution < 1.29 is 19.4 Å². The highest BCUT2D eigenvalue weighted by molar-refractivity contribution is 5.88. The predicted octanol–water partition coefficient (Wildman–Crippen LogP) is 0.171. The van der Waals surface area contributed by atoms with Crippen molar-refractivity contribution in [1.29, 1.82) is 0 Å². The zero-order valence-electron chi connectivity index (χ0n) is 10.4. The monoisotopic (exact) mass is 264 g/mol. The van der Waals surface area contributed by atoms with Gasteiger partial charge in [-0.2, -0.15) is 0 Å². The van der Waals surface area contributed by atoms with E-state index in [1.54, 1.807) is 24.3 Å². The van der Waals surface area contributed by atoms with Gasteiger partial charge in [0.25, 0.3) is 0 Å². The normalized spacial score (nSPS) is 22.1. The maximum atomic E-state index is 11.9. The van der Waals surface area contributed by atoms with Crippen LogP contribution in [0.15, 0.2) is 24.3 Å². The maximum absolute atomic E-state index is 11.9. The van der Waals surface area contributed by atoms with Crippen molar-refractivity contribution >= 4 is 17.6 Å². The lowest BCUT2D eigenvalue weighted by Gasteiger charge is -2.23. The first kappa shape index (κ1) is 13.4. The van der Waals surface area contributed by atoms with Gasteiger partial charge >= 0.3 is 5.97 Å². The van der Waals surface area contributed by atoms with E-state index in [9.17, 15) is 14.7 Å². The number of carbonyl (C=O) groups is 2. The molecule has 1 atom stereocenters. The second kappa shape index (κ2) is 5.27. The van der Waals surface area contributed by atoms with E-state index < -0.39 is 11.5 Å². The fourth-order valence-corrected chi connectivity index (χ4v) is 2.09. The quantitative estimate of drug-likeness (QED) is 0.673. The molecule has 6 heteroatoms. The molecule has 0 radical (unpaired) electrons. The van der Waals surface area contributed by atoms with Crippen LogP contribution in [-0.4, -0.2) is 35.7 Å². The van der Waals surface area contributed by atoms with Crippen LogP contribution in [0.1, 0.15) is 12.0 Å². The van der Waals surface area contributed by atoms with Crippen LogP contribution in [0.5, 0.6) is 0 Å². The van der Waals surface area contributed by atoms with Crippen molar-refractivity contribution in [2.24, 2.45) is 0 Å². The molecule has 1 aromatic rings. The minimum atomic E-state index is -1.29. The Morgan fingerprint density at radius 2 is 2.26 bits per heavy atom. The maximum Gasteiger partial charge on any atom is 0.331 e. The van der Waals surface area contributed by atoms with Crippen molar-refractivity contribution in [1.82, 2.24) is 5.32 Å². The third-order valence-electron chi connectivity index (χ3n) is 3.13. The molecule has 102 valence electrons. The molecule has 6 nitrogen and oxygen atoms in total. The molecular formula is C13H16N2O4. The number of aliphatic carboxylic acids is 1. The number of ether oxygens (including phenoxy) is 1. The van der Waals surface area contributed by atoms with Crippen molar-refractivity contribution in [2.75, 3.05) is 18.9 Å². The van der Waals surface area contributed by atoms with Crippen LogP contribution in [0.25, 0.3) is 0 Å². The van der Waals surface area contributed by atoms with E-state index in [0.717, 1.165) is 5.56 Å². The number of carboxylic acid groups (broad SMARTS) is 1. The van der Waals surface area contributed by atoms with Gasteiger partial charge in [0.15, 0.2) is 5.54 Å². The number of hydrogen-bond donors (Lipinski definition) is 3. The lowest BCUT2D eigenvalue weighted by atomic mass is 9.98. The summed E-state index contributed by atoms with van der Waals surface area (Å²) in [6.07, 6.45) is 0.380. The number of hydrogen-bond acceptors (Lipinski definition) is 4. The number of nitrogen functional groups attached to an aromatic ring is 1. The Labute approximate surface area is 110 Å². The molecule has 1 heterocycles. The zero-order chi connectivity index (χ0) is 13.9. The second-order valence-electron chi connectivity index (χ2n) is 4.66. The van der Waals surface area contributed by atoms with E-state index in [2.05, 4.69) is 5.32 Å². The van der Waals surface area contributed by atoms with Crippen LogP contribution in [0.4, 0.5) is 5.69 Å². The number of carbonyl (C=O) groups excluding carboxylic acids is 1. The minimum absolute atomic E-state index is 0.00496. The van der Waals surface area contributed by atoms with E-state index in [-0.39, 0.29) is 25.4 Å². The molecule has 1 amide bonds. The highest BCUT2D eigenvalue weighted by atomic mass is 16.5. The summed E-state index contributed by atoms with van der Waals surface area (Å²) in [5.41, 5.74) is 5.65. The molecule has 19 heavy (non-hydrogen) atoms. The SMILES string of the molecule is Nc1cccc(CC(=O)NC2(C(=O)O)CCOC2)c1. The van der Waals surface area contributed by atoms with E-state index >= 15 is 0 Å². The number of nitrogens with one attached hydrogen (secondary N) is 1. The summed E-state index contributed by atoms with van der Waals surface area (Å²) in [7, 11) is 0. The summed E-state index contributed by atoms with van der Waals surface area (Å²) >= 11 is 0. The van der Waals surface area contributed by atoms with Gasteiger partial charge in [0, 0.05) is 18.7 Å². The van der Waals surface area contributed by atoms with Crippen molar-refractivity contribution in [3.8, 4) is 0 Å². The van der Waals surface area contributed by atoms with E-state index in [4.69, 9.17) is 10.5 Å². The summed E-state index contributed by atoms with van der Waals surface area (Å²) in [5.74, 6) is -1.41. The lowest BCUT2D eigenvalue weighted by Crippen LogP contribution is -2.55. The van der Waals surface area contributed by atoms with Crippen molar-refractivity contribution in [3.05, 3.63) is 29.8 Å². The van der Waals surface area contributed by atoms with Crippen molar-refractivity contribution in [2.45, 2.75) is 18.4 Å². The van der Waals surface area contributed by atoms with Gasteiger partial charge in [-0.3, -0.25) is 4.79 Å². The third kappa shape index (κ3) is 3.03. The Bertz CT molecular complexity index is 495. The van der Waals surface area contributed by atoms with Gasteiger partial charge in [0.05, 0.1) is 13.0 Å². The Balaban J connectivity index is 2.02. The number of nitrogens with two attached hydrogens (primary N) is 1. The van der Waals surface area contributed by atoms with Gasteiger partial charge in [-0.15, -0.1) is 0 Å². The molecule has 0 bridgehead atoms. The number of anilines is 1. The fourth-order valence-electron chi connectivity index (χ4n) is 2.09. The van der Waals surface area contributed by atoms with Crippen LogP contribution in [0.3, 0.4) is 0 Å². The standard InChI is InChI=1S/C13H16N2O4/c14-10-3-1-2-9(6-10)7-11(16)15-13(12(17)18)4-5-19-8-13/h1-3,6H,4-5,7-8,14H2,(H,15,16)(H,17,18). The predicted molar refractivity (Wildman–Crippen MR) is 68.5 cm³/mol. The molecule has 1 aliphatic heterocycles. The Morgan fingerprint density at radius 3 is 2.84 bits per heavy atom. The fraction of sp³-hybridized carbons (Fsp3) is 0.385. The van der Waals surface area contributed by atoms with Crippen LogP contribution in [0.2, 0.25) is 0 Å². The molecule has 1 aliphatic rings. The molecule has 1 unspecified atom stereocenters. The second-order valence-corrected chi connectivity index (χ2v) is 4.66. The molecule has 0 aromatic heterocycles. The van der Waals surface area contributed by atoms with E-state index in [1.165, 1.54) is 0 Å². The number of rotatable bonds is 4.